The Labute approximate surface area is 142 Å². The Morgan fingerprint density at radius 1 is 1.38 bits per heavy atom. The van der Waals surface area contributed by atoms with Crippen LogP contribution in [0.25, 0.3) is 0 Å². The average Bonchev–Trinajstić information content (AvgIpc) is 2.39. The fraction of sp³-hybridized carbons (Fsp3) is 0.462. The molecule has 3 N–H and O–H groups in total. The maximum absolute atomic E-state index is 13.4. The van der Waals surface area contributed by atoms with E-state index in [-0.39, 0.29) is 47.1 Å². The second-order valence-corrected chi connectivity index (χ2v) is 6.37. The smallest absolute Gasteiger partial charge is 0.188 e. The van der Waals surface area contributed by atoms with E-state index in [0.29, 0.717) is 6.54 Å². The van der Waals surface area contributed by atoms with Gasteiger partial charge in [0.05, 0.1) is 5.75 Å². The molecule has 0 fully saturated rings. The van der Waals surface area contributed by atoms with Crippen molar-refractivity contribution >= 4 is 39.8 Å². The van der Waals surface area contributed by atoms with E-state index in [4.69, 9.17) is 5.73 Å². The first-order valence-electron chi connectivity index (χ1n) is 6.48. The largest absolute Gasteiger partial charge is 0.370 e. The normalized spacial score (nSPS) is 11.8. The van der Waals surface area contributed by atoms with Crippen molar-refractivity contribution in [2.75, 3.05) is 18.8 Å². The molecule has 0 aliphatic rings. The van der Waals surface area contributed by atoms with Gasteiger partial charge in [0, 0.05) is 13.1 Å². The van der Waals surface area contributed by atoms with Gasteiger partial charge in [-0.3, -0.25) is 4.99 Å². The number of halogens is 2. The SMILES string of the molecule is CCCCN=C(N)NCCS(=O)(=O)c1ccccc1F.I. The Balaban J connectivity index is 0.00000400. The van der Waals surface area contributed by atoms with E-state index in [1.165, 1.54) is 18.2 Å². The zero-order valence-electron chi connectivity index (χ0n) is 11.9. The molecular formula is C13H21FIN3O2S. The predicted molar refractivity (Wildman–Crippen MR) is 93.3 cm³/mol. The van der Waals surface area contributed by atoms with Crippen LogP contribution in [0.4, 0.5) is 4.39 Å². The maximum atomic E-state index is 13.4. The van der Waals surface area contributed by atoms with Crippen LogP contribution in [-0.2, 0) is 9.84 Å². The van der Waals surface area contributed by atoms with Gasteiger partial charge in [-0.15, -0.1) is 24.0 Å². The summed E-state index contributed by atoms with van der Waals surface area (Å²) in [7, 11) is -3.66. The van der Waals surface area contributed by atoms with Gasteiger partial charge < -0.3 is 11.1 Å². The summed E-state index contributed by atoms with van der Waals surface area (Å²) in [6.45, 7) is 2.74. The molecule has 0 heterocycles. The van der Waals surface area contributed by atoms with Gasteiger partial charge in [0.1, 0.15) is 10.7 Å². The number of hydrogen-bond donors (Lipinski definition) is 2. The second kappa shape index (κ2) is 9.93. The lowest BCUT2D eigenvalue weighted by atomic mass is 10.3. The van der Waals surface area contributed by atoms with Gasteiger partial charge in [-0.2, -0.15) is 0 Å². The Bertz CT molecular complexity index is 564. The highest BCUT2D eigenvalue weighted by Crippen LogP contribution is 2.14. The summed E-state index contributed by atoms with van der Waals surface area (Å²) in [5, 5.41) is 2.71. The minimum atomic E-state index is -3.66. The van der Waals surface area contributed by atoms with Crippen LogP contribution >= 0.6 is 24.0 Å². The van der Waals surface area contributed by atoms with E-state index in [1.807, 2.05) is 6.92 Å². The van der Waals surface area contributed by atoms with E-state index in [2.05, 4.69) is 10.3 Å². The molecule has 0 atom stereocenters. The molecule has 0 saturated carbocycles. The molecule has 0 amide bonds. The van der Waals surface area contributed by atoms with Crippen molar-refractivity contribution in [2.45, 2.75) is 24.7 Å². The molecule has 0 aliphatic heterocycles. The van der Waals surface area contributed by atoms with Crippen LogP contribution in [0.2, 0.25) is 0 Å². The summed E-state index contributed by atoms with van der Waals surface area (Å²) in [5.41, 5.74) is 5.58. The molecule has 0 bridgehead atoms. The number of unbranched alkanes of at least 4 members (excludes halogenated alkanes) is 1. The number of hydrogen-bond acceptors (Lipinski definition) is 3. The molecule has 0 unspecified atom stereocenters. The second-order valence-electron chi connectivity index (χ2n) is 4.30. The number of aliphatic imine (C=N–C) groups is 1. The molecular weight excluding hydrogens is 408 g/mol. The molecule has 0 radical (unpaired) electrons. The van der Waals surface area contributed by atoms with Crippen molar-refractivity contribution in [3.8, 4) is 0 Å². The molecule has 8 heteroatoms. The Kier molecular flexibility index (Phi) is 9.51. The summed E-state index contributed by atoms with van der Waals surface area (Å²) in [4.78, 5) is 3.75. The minimum Gasteiger partial charge on any atom is -0.370 e. The molecule has 5 nitrogen and oxygen atoms in total. The lowest BCUT2D eigenvalue weighted by Gasteiger charge is -2.07. The van der Waals surface area contributed by atoms with Crippen molar-refractivity contribution in [3.63, 3.8) is 0 Å². The summed E-state index contributed by atoms with van der Waals surface area (Å²) >= 11 is 0. The van der Waals surface area contributed by atoms with Crippen molar-refractivity contribution in [1.82, 2.24) is 5.32 Å². The van der Waals surface area contributed by atoms with Crippen molar-refractivity contribution in [3.05, 3.63) is 30.1 Å². The quantitative estimate of drug-likeness (QED) is 0.300. The predicted octanol–water partition coefficient (Wildman–Crippen LogP) is 1.92. The Hall–Kier alpha value is -0.900. The first-order valence-corrected chi connectivity index (χ1v) is 8.13. The van der Waals surface area contributed by atoms with E-state index in [9.17, 15) is 12.8 Å². The summed E-state index contributed by atoms with van der Waals surface area (Å²) in [6.07, 6.45) is 1.94. The molecule has 0 aromatic heterocycles. The number of guanidine groups is 1. The zero-order valence-corrected chi connectivity index (χ0v) is 15.0. The summed E-state index contributed by atoms with van der Waals surface area (Å²) in [5.74, 6) is -0.767. The van der Waals surface area contributed by atoms with E-state index < -0.39 is 15.7 Å². The molecule has 1 aromatic carbocycles. The molecule has 1 aromatic rings. The first kappa shape index (κ1) is 20.1. The molecule has 120 valence electrons. The molecule has 0 spiro atoms. The lowest BCUT2D eigenvalue weighted by molar-refractivity contribution is 0.566. The number of nitrogens with one attached hydrogen (secondary N) is 1. The van der Waals surface area contributed by atoms with Crippen LogP contribution in [0.3, 0.4) is 0 Å². The number of rotatable bonds is 7. The maximum Gasteiger partial charge on any atom is 0.188 e. The van der Waals surface area contributed by atoms with Crippen molar-refractivity contribution in [2.24, 2.45) is 10.7 Å². The fourth-order valence-electron chi connectivity index (χ4n) is 1.53. The van der Waals surface area contributed by atoms with Gasteiger partial charge in [0.25, 0.3) is 0 Å². The monoisotopic (exact) mass is 429 g/mol. The van der Waals surface area contributed by atoms with E-state index in [0.717, 1.165) is 18.9 Å². The molecule has 1 rings (SSSR count). The summed E-state index contributed by atoms with van der Waals surface area (Å²) in [6, 6.07) is 5.32. The van der Waals surface area contributed by atoms with Gasteiger partial charge in [-0.1, -0.05) is 25.5 Å². The van der Waals surface area contributed by atoms with Crippen molar-refractivity contribution < 1.29 is 12.8 Å². The first-order chi connectivity index (χ1) is 9.47. The van der Waals surface area contributed by atoms with Crippen LogP contribution < -0.4 is 11.1 Å². The van der Waals surface area contributed by atoms with Crippen LogP contribution in [0.1, 0.15) is 19.8 Å². The molecule has 0 saturated heterocycles. The van der Waals surface area contributed by atoms with Gasteiger partial charge in [0.15, 0.2) is 15.8 Å². The lowest BCUT2D eigenvalue weighted by Crippen LogP contribution is -2.35. The molecule has 21 heavy (non-hydrogen) atoms. The minimum absolute atomic E-state index is 0. The highest BCUT2D eigenvalue weighted by atomic mass is 127. The third-order valence-electron chi connectivity index (χ3n) is 2.64. The number of benzene rings is 1. The van der Waals surface area contributed by atoms with Crippen molar-refractivity contribution in [1.29, 1.82) is 0 Å². The third kappa shape index (κ3) is 7.07. The molecule has 0 aliphatic carbocycles. The zero-order chi connectivity index (χ0) is 15.0. The number of sulfone groups is 1. The Morgan fingerprint density at radius 2 is 2.05 bits per heavy atom. The number of nitrogens with zero attached hydrogens (tertiary/aromatic N) is 1. The van der Waals surface area contributed by atoms with E-state index in [1.54, 1.807) is 0 Å². The summed E-state index contributed by atoms with van der Waals surface area (Å²) < 4.78 is 37.3. The van der Waals surface area contributed by atoms with Gasteiger partial charge in [-0.05, 0) is 18.6 Å². The van der Waals surface area contributed by atoms with E-state index >= 15 is 0 Å². The van der Waals surface area contributed by atoms with Crippen LogP contribution in [0, 0.1) is 5.82 Å². The van der Waals surface area contributed by atoms with Gasteiger partial charge >= 0.3 is 0 Å². The standard InChI is InChI=1S/C13H20FN3O2S.HI/c1-2-3-8-16-13(15)17-9-10-20(18,19)12-7-5-4-6-11(12)14;/h4-7H,2-3,8-10H2,1H3,(H3,15,16,17);1H. The Morgan fingerprint density at radius 3 is 2.67 bits per heavy atom. The highest BCUT2D eigenvalue weighted by molar-refractivity contribution is 14.0. The third-order valence-corrected chi connectivity index (χ3v) is 4.39. The van der Waals surface area contributed by atoms with Crippen LogP contribution in [-0.4, -0.2) is 33.2 Å². The van der Waals surface area contributed by atoms with Crippen LogP contribution in [0.15, 0.2) is 34.2 Å². The number of nitrogens with two attached hydrogens (primary N) is 1. The van der Waals surface area contributed by atoms with Gasteiger partial charge in [-0.25, -0.2) is 12.8 Å². The van der Waals surface area contributed by atoms with Gasteiger partial charge in [0.2, 0.25) is 0 Å². The topological polar surface area (TPSA) is 84.5 Å². The highest BCUT2D eigenvalue weighted by Gasteiger charge is 2.18. The average molecular weight is 429 g/mol. The van der Waals surface area contributed by atoms with Crippen LogP contribution in [0.5, 0.6) is 0 Å². The fourth-order valence-corrected chi connectivity index (χ4v) is 2.78.